The summed E-state index contributed by atoms with van der Waals surface area (Å²) in [6, 6.07) is 26.0. The predicted octanol–water partition coefficient (Wildman–Crippen LogP) is 4.54. The molecule has 3 aromatic carbocycles. The predicted molar refractivity (Wildman–Crippen MR) is 104 cm³/mol. The first-order valence-electron chi connectivity index (χ1n) is 8.76. The Labute approximate surface area is 173 Å². The zero-order valence-electron chi connectivity index (χ0n) is 15.6. The first kappa shape index (κ1) is 19.2. The number of hydrogen-bond donors (Lipinski definition) is 0. The van der Waals surface area contributed by atoms with Gasteiger partial charge in [-0.25, -0.2) is 0 Å². The van der Waals surface area contributed by atoms with Crippen LogP contribution in [0.25, 0.3) is 22.8 Å². The maximum Gasteiger partial charge on any atom is 0.301 e. The van der Waals surface area contributed by atoms with Crippen LogP contribution in [0.3, 0.4) is 0 Å². The van der Waals surface area contributed by atoms with Crippen molar-refractivity contribution in [2.75, 3.05) is 0 Å². The molecule has 1 aromatic heterocycles. The van der Waals surface area contributed by atoms with Crippen LogP contribution in [-0.4, -0.2) is 9.67 Å². The van der Waals surface area contributed by atoms with Crippen LogP contribution in [0.5, 0.6) is 0 Å². The van der Waals surface area contributed by atoms with E-state index in [2.05, 4.69) is 84.7 Å². The van der Waals surface area contributed by atoms with Crippen molar-refractivity contribution in [1.29, 1.82) is 0 Å². The van der Waals surface area contributed by atoms with Gasteiger partial charge >= 0.3 is 6.33 Å². The molecule has 137 valence electrons. The summed E-state index contributed by atoms with van der Waals surface area (Å²) in [5, 5.41) is 0. The fourth-order valence-corrected chi connectivity index (χ4v) is 3.38. The molecule has 0 aliphatic rings. The quantitative estimate of drug-likeness (QED) is 0.281. The number of nitrogens with zero attached hydrogens (tertiary/aromatic N) is 3. The third kappa shape index (κ3) is 3.51. The topological polar surface area (TPSA) is 21.7 Å². The van der Waals surface area contributed by atoms with Crippen molar-refractivity contribution in [3.05, 3.63) is 95.8 Å². The van der Waals surface area contributed by atoms with Crippen molar-refractivity contribution in [2.45, 2.75) is 20.8 Å². The molecule has 0 N–H and O–H groups in total. The maximum atomic E-state index is 4.76. The molecule has 0 aliphatic carbocycles. The molecule has 0 saturated carbocycles. The van der Waals surface area contributed by atoms with E-state index in [1.54, 1.807) is 0 Å². The van der Waals surface area contributed by atoms with Gasteiger partial charge in [-0.1, -0.05) is 46.9 Å². The SMILES string of the molecule is Cc1ccccc1-[n+]1cnc(-c2[c-]cccc2)n1-c1c(C)cccc1C.[Ir]. The van der Waals surface area contributed by atoms with Gasteiger partial charge in [0, 0.05) is 20.1 Å². The van der Waals surface area contributed by atoms with Crippen LogP contribution in [0, 0.1) is 26.8 Å². The van der Waals surface area contributed by atoms with E-state index < -0.39 is 0 Å². The Morgan fingerprint density at radius 1 is 0.815 bits per heavy atom. The Bertz CT molecular complexity index is 1050. The van der Waals surface area contributed by atoms with Crippen molar-refractivity contribution >= 4 is 0 Å². The van der Waals surface area contributed by atoms with Crippen LogP contribution in [0.1, 0.15) is 16.7 Å². The van der Waals surface area contributed by atoms with Crippen molar-refractivity contribution in [3.8, 4) is 22.8 Å². The number of para-hydroxylation sites is 2. The Morgan fingerprint density at radius 3 is 2.15 bits per heavy atom. The minimum absolute atomic E-state index is 0. The molecule has 0 unspecified atom stereocenters. The van der Waals surface area contributed by atoms with E-state index in [-0.39, 0.29) is 20.1 Å². The molecule has 0 amide bonds. The molecule has 4 rings (SSSR count). The second kappa shape index (κ2) is 7.99. The molecular weight excluding hydrogens is 510 g/mol. The van der Waals surface area contributed by atoms with Gasteiger partial charge in [-0.2, -0.15) is 4.68 Å². The smallest absolute Gasteiger partial charge is 0.175 e. The van der Waals surface area contributed by atoms with Crippen LogP contribution >= 0.6 is 0 Å². The Balaban J connectivity index is 0.00000210. The van der Waals surface area contributed by atoms with Crippen molar-refractivity contribution in [3.63, 3.8) is 0 Å². The largest absolute Gasteiger partial charge is 0.301 e. The minimum atomic E-state index is 0. The minimum Gasteiger partial charge on any atom is -0.175 e. The number of aryl methyl sites for hydroxylation is 3. The summed E-state index contributed by atoms with van der Waals surface area (Å²) in [4.78, 5) is 4.76. The van der Waals surface area contributed by atoms with Gasteiger partial charge < -0.3 is 0 Å². The summed E-state index contributed by atoms with van der Waals surface area (Å²) in [6.45, 7) is 6.41. The van der Waals surface area contributed by atoms with E-state index in [0.717, 1.165) is 22.8 Å². The van der Waals surface area contributed by atoms with Crippen LogP contribution in [0.4, 0.5) is 0 Å². The number of rotatable bonds is 3. The van der Waals surface area contributed by atoms with E-state index in [9.17, 15) is 0 Å². The Kier molecular flexibility index (Phi) is 5.69. The zero-order valence-corrected chi connectivity index (χ0v) is 18.0. The summed E-state index contributed by atoms with van der Waals surface area (Å²) in [7, 11) is 0. The van der Waals surface area contributed by atoms with Crippen LogP contribution in [0.2, 0.25) is 0 Å². The molecule has 0 aliphatic heterocycles. The van der Waals surface area contributed by atoms with Crippen LogP contribution in [-0.2, 0) is 20.1 Å². The van der Waals surface area contributed by atoms with Crippen LogP contribution < -0.4 is 4.68 Å². The third-order valence-corrected chi connectivity index (χ3v) is 4.67. The van der Waals surface area contributed by atoms with Crippen LogP contribution in [0.15, 0.2) is 73.1 Å². The first-order chi connectivity index (χ1) is 12.7. The van der Waals surface area contributed by atoms with Gasteiger partial charge in [0.1, 0.15) is 0 Å². The molecule has 0 fully saturated rings. The fourth-order valence-electron chi connectivity index (χ4n) is 3.38. The molecule has 1 radical (unpaired) electrons. The third-order valence-electron chi connectivity index (χ3n) is 4.67. The summed E-state index contributed by atoms with van der Waals surface area (Å²) in [5.41, 5.74) is 6.87. The van der Waals surface area contributed by atoms with E-state index in [0.29, 0.717) is 0 Å². The molecule has 1 heterocycles. The number of benzene rings is 3. The van der Waals surface area contributed by atoms with Crippen molar-refractivity contribution in [2.24, 2.45) is 0 Å². The molecule has 0 spiro atoms. The first-order valence-corrected chi connectivity index (χ1v) is 8.76. The molecule has 4 heteroatoms. The van der Waals surface area contributed by atoms with Gasteiger partial charge in [0.25, 0.3) is 0 Å². The normalized spacial score (nSPS) is 10.5. The summed E-state index contributed by atoms with van der Waals surface area (Å²) >= 11 is 0. The number of hydrogen-bond acceptors (Lipinski definition) is 1. The van der Waals surface area contributed by atoms with E-state index in [1.807, 2.05) is 24.5 Å². The molecule has 3 nitrogen and oxygen atoms in total. The average molecular weight is 532 g/mol. The molecule has 0 saturated heterocycles. The maximum absolute atomic E-state index is 4.76. The molecular formula is C23H21IrN3. The van der Waals surface area contributed by atoms with Gasteiger partial charge in [-0.3, -0.25) is 0 Å². The molecule has 27 heavy (non-hydrogen) atoms. The fraction of sp³-hybridized carbons (Fsp3) is 0.130. The number of aromatic nitrogens is 3. The van der Waals surface area contributed by atoms with Gasteiger partial charge in [-0.15, -0.1) is 35.0 Å². The molecule has 0 bridgehead atoms. The zero-order chi connectivity index (χ0) is 18.1. The second-order valence-corrected chi connectivity index (χ2v) is 6.53. The average Bonchev–Trinajstić information content (AvgIpc) is 3.07. The Hall–Kier alpha value is -2.55. The molecule has 0 atom stereocenters. The van der Waals surface area contributed by atoms with E-state index in [4.69, 9.17) is 4.98 Å². The van der Waals surface area contributed by atoms with E-state index in [1.165, 1.54) is 16.7 Å². The van der Waals surface area contributed by atoms with Gasteiger partial charge in [0.2, 0.25) is 5.82 Å². The van der Waals surface area contributed by atoms with Gasteiger partial charge in [0.05, 0.1) is 5.69 Å². The summed E-state index contributed by atoms with van der Waals surface area (Å²) in [5.74, 6) is 0.881. The van der Waals surface area contributed by atoms with Gasteiger partial charge in [0.15, 0.2) is 5.69 Å². The standard InChI is InChI=1S/C23H21N3.Ir/c1-17-10-7-8-15-21(17)25-16-24-23(20-13-5-4-6-14-20)26(25)22-18(2)11-9-12-19(22)3;/h4-13,15-16H,1-3H3;. The van der Waals surface area contributed by atoms with Crippen molar-refractivity contribution in [1.82, 2.24) is 9.67 Å². The van der Waals surface area contributed by atoms with E-state index >= 15 is 0 Å². The second-order valence-electron chi connectivity index (χ2n) is 6.53. The van der Waals surface area contributed by atoms with Crippen molar-refractivity contribution < 1.29 is 24.8 Å². The summed E-state index contributed by atoms with van der Waals surface area (Å²) < 4.78 is 4.32. The Morgan fingerprint density at radius 2 is 1.48 bits per heavy atom. The molecule has 4 aromatic rings. The van der Waals surface area contributed by atoms with Gasteiger partial charge in [-0.05, 0) is 43.5 Å². The summed E-state index contributed by atoms with van der Waals surface area (Å²) in [6.07, 6.45) is 1.89. The monoisotopic (exact) mass is 532 g/mol.